The van der Waals surface area contributed by atoms with Gasteiger partial charge in [0.15, 0.2) is 0 Å². The van der Waals surface area contributed by atoms with E-state index in [1.54, 1.807) is 13.8 Å². The van der Waals surface area contributed by atoms with Crippen molar-refractivity contribution in [3.8, 4) is 0 Å². The normalized spacial score (nSPS) is 16.4. The monoisotopic (exact) mass is 316 g/mol. The van der Waals surface area contributed by atoms with E-state index in [0.29, 0.717) is 5.56 Å². The van der Waals surface area contributed by atoms with Gasteiger partial charge in [-0.2, -0.15) is 0 Å². The molecule has 0 bridgehead atoms. The average Bonchev–Trinajstić information content (AvgIpc) is 2.83. The molecule has 0 amide bonds. The van der Waals surface area contributed by atoms with E-state index in [1.165, 1.54) is 12.1 Å². The van der Waals surface area contributed by atoms with E-state index < -0.39 is 15.0 Å². The van der Waals surface area contributed by atoms with Crippen LogP contribution in [0.25, 0.3) is 0 Å². The highest BCUT2D eigenvalue weighted by molar-refractivity contribution is 8.13. The van der Waals surface area contributed by atoms with Gasteiger partial charge in [-0.1, -0.05) is 0 Å². The Morgan fingerprint density at radius 2 is 1.85 bits per heavy atom. The summed E-state index contributed by atoms with van der Waals surface area (Å²) in [6.07, 6.45) is 3.81. The number of hydrogen-bond acceptors (Lipinski definition) is 4. The molecule has 0 radical (unpaired) electrons. The van der Waals surface area contributed by atoms with Crippen molar-refractivity contribution in [2.75, 3.05) is 0 Å². The van der Waals surface area contributed by atoms with E-state index in [-0.39, 0.29) is 16.6 Å². The van der Waals surface area contributed by atoms with Crippen LogP contribution in [0.15, 0.2) is 17.0 Å². The summed E-state index contributed by atoms with van der Waals surface area (Å²) in [7, 11) is 1.49. The summed E-state index contributed by atoms with van der Waals surface area (Å²) in [5.74, 6) is -0.473. The van der Waals surface area contributed by atoms with Crippen LogP contribution < -0.4 is 0 Å². The molecule has 0 aliphatic heterocycles. The van der Waals surface area contributed by atoms with Crippen molar-refractivity contribution >= 4 is 25.7 Å². The van der Waals surface area contributed by atoms with Crippen LogP contribution in [0.4, 0.5) is 0 Å². The van der Waals surface area contributed by atoms with Crippen molar-refractivity contribution in [2.24, 2.45) is 0 Å². The van der Waals surface area contributed by atoms with E-state index in [4.69, 9.17) is 15.4 Å². The number of carbonyl (C=O) groups excluding carboxylic acids is 1. The fraction of sp³-hybridized carbons (Fsp3) is 0.500. The van der Waals surface area contributed by atoms with Gasteiger partial charge in [-0.15, -0.1) is 0 Å². The first-order valence-corrected chi connectivity index (χ1v) is 8.87. The van der Waals surface area contributed by atoms with Crippen LogP contribution >= 0.6 is 10.7 Å². The molecule has 0 N–H and O–H groups in total. The first kappa shape index (κ1) is 15.3. The lowest BCUT2D eigenvalue weighted by Gasteiger charge is -2.14. The second-order valence-corrected chi connectivity index (χ2v) is 7.73. The molecule has 1 fully saturated rings. The maximum Gasteiger partial charge on any atom is 0.338 e. The molecule has 6 heteroatoms. The van der Waals surface area contributed by atoms with Gasteiger partial charge in [0.05, 0.1) is 10.5 Å². The van der Waals surface area contributed by atoms with Crippen molar-refractivity contribution in [3.63, 3.8) is 0 Å². The van der Waals surface area contributed by atoms with Gasteiger partial charge in [-0.05, 0) is 62.8 Å². The Bertz CT molecular complexity index is 631. The fourth-order valence-corrected chi connectivity index (χ4v) is 3.24. The third-order valence-electron chi connectivity index (χ3n) is 3.72. The molecule has 0 heterocycles. The minimum absolute atomic E-state index is 0.0570. The van der Waals surface area contributed by atoms with E-state index in [0.717, 1.165) is 31.2 Å². The highest BCUT2D eigenvalue weighted by Crippen LogP contribution is 2.26. The number of rotatable bonds is 3. The number of hydrogen-bond donors (Lipinski definition) is 0. The molecule has 20 heavy (non-hydrogen) atoms. The lowest BCUT2D eigenvalue weighted by molar-refractivity contribution is 0.0316. The van der Waals surface area contributed by atoms with Crippen LogP contribution in [-0.4, -0.2) is 20.5 Å². The Kier molecular flexibility index (Phi) is 4.39. The van der Waals surface area contributed by atoms with Gasteiger partial charge >= 0.3 is 5.97 Å². The summed E-state index contributed by atoms with van der Waals surface area (Å²) in [5, 5.41) is 0. The van der Waals surface area contributed by atoms with Crippen molar-refractivity contribution < 1.29 is 17.9 Å². The van der Waals surface area contributed by atoms with E-state index in [1.807, 2.05) is 0 Å². The third-order valence-corrected chi connectivity index (χ3v) is 5.05. The first-order valence-electron chi connectivity index (χ1n) is 6.56. The quantitative estimate of drug-likeness (QED) is 0.634. The predicted molar refractivity (Wildman–Crippen MR) is 76.6 cm³/mol. The van der Waals surface area contributed by atoms with Gasteiger partial charge in [0, 0.05) is 10.7 Å². The Morgan fingerprint density at radius 3 is 2.40 bits per heavy atom. The molecule has 0 aromatic heterocycles. The maximum atomic E-state index is 12.2. The van der Waals surface area contributed by atoms with Crippen LogP contribution in [0.5, 0.6) is 0 Å². The summed E-state index contributed by atoms with van der Waals surface area (Å²) in [4.78, 5) is 12.1. The van der Waals surface area contributed by atoms with Gasteiger partial charge in [0.1, 0.15) is 6.10 Å². The third kappa shape index (κ3) is 3.33. The van der Waals surface area contributed by atoms with Crippen LogP contribution in [0.2, 0.25) is 0 Å². The molecule has 0 spiro atoms. The molecule has 1 aromatic rings. The lowest BCUT2D eigenvalue weighted by atomic mass is 10.0. The summed E-state index contributed by atoms with van der Waals surface area (Å²) >= 11 is 0. The van der Waals surface area contributed by atoms with Crippen LogP contribution in [-0.2, 0) is 13.8 Å². The zero-order valence-corrected chi connectivity index (χ0v) is 13.1. The van der Waals surface area contributed by atoms with Crippen LogP contribution in [0.1, 0.15) is 47.2 Å². The second-order valence-electron chi connectivity index (χ2n) is 5.16. The minimum Gasteiger partial charge on any atom is -0.459 e. The molecule has 4 nitrogen and oxygen atoms in total. The second kappa shape index (κ2) is 5.74. The molecule has 1 saturated carbocycles. The highest BCUT2D eigenvalue weighted by Gasteiger charge is 2.23. The lowest BCUT2D eigenvalue weighted by Crippen LogP contribution is -2.16. The van der Waals surface area contributed by atoms with Crippen molar-refractivity contribution in [1.29, 1.82) is 0 Å². The number of carbonyl (C=O) groups is 1. The topological polar surface area (TPSA) is 60.4 Å². The Balaban J connectivity index is 2.34. The summed E-state index contributed by atoms with van der Waals surface area (Å²) in [5.41, 5.74) is 1.69. The zero-order chi connectivity index (χ0) is 14.9. The van der Waals surface area contributed by atoms with Gasteiger partial charge < -0.3 is 4.74 Å². The molecule has 0 atom stereocenters. The largest absolute Gasteiger partial charge is 0.459 e. The Hall–Kier alpha value is -1.07. The van der Waals surface area contributed by atoms with Crippen LogP contribution in [0, 0.1) is 13.8 Å². The molecule has 1 aromatic carbocycles. The van der Waals surface area contributed by atoms with Gasteiger partial charge in [-0.3, -0.25) is 0 Å². The van der Waals surface area contributed by atoms with Crippen LogP contribution in [0.3, 0.4) is 0 Å². The zero-order valence-electron chi connectivity index (χ0n) is 11.5. The van der Waals surface area contributed by atoms with Crippen molar-refractivity contribution in [1.82, 2.24) is 0 Å². The fourth-order valence-electron chi connectivity index (χ4n) is 2.40. The SMILES string of the molecule is Cc1cc(S(=O)(=O)Cl)cc(C(=O)OC2CCCC2)c1C. The van der Waals surface area contributed by atoms with Gasteiger partial charge in [0.2, 0.25) is 0 Å². The molecule has 110 valence electrons. The Morgan fingerprint density at radius 1 is 1.25 bits per heavy atom. The number of halogens is 1. The first-order chi connectivity index (χ1) is 9.29. The Labute approximate surface area is 123 Å². The molecule has 1 aliphatic carbocycles. The maximum absolute atomic E-state index is 12.2. The van der Waals surface area contributed by atoms with Crippen molar-refractivity contribution in [2.45, 2.75) is 50.5 Å². The highest BCUT2D eigenvalue weighted by atomic mass is 35.7. The van der Waals surface area contributed by atoms with E-state index in [2.05, 4.69) is 0 Å². The summed E-state index contributed by atoms with van der Waals surface area (Å²) < 4.78 is 28.3. The molecular weight excluding hydrogens is 300 g/mol. The smallest absolute Gasteiger partial charge is 0.338 e. The number of esters is 1. The molecule has 1 aliphatic rings. The number of benzene rings is 1. The molecule has 0 saturated heterocycles. The average molecular weight is 317 g/mol. The molecule has 2 rings (SSSR count). The van der Waals surface area contributed by atoms with E-state index in [9.17, 15) is 13.2 Å². The summed E-state index contributed by atoms with van der Waals surface area (Å²) in [6, 6.07) is 2.76. The number of aryl methyl sites for hydroxylation is 1. The van der Waals surface area contributed by atoms with Gasteiger partial charge in [0.25, 0.3) is 9.05 Å². The van der Waals surface area contributed by atoms with E-state index >= 15 is 0 Å². The number of ether oxygens (including phenoxy) is 1. The van der Waals surface area contributed by atoms with Gasteiger partial charge in [-0.25, -0.2) is 13.2 Å². The molecule has 0 unspecified atom stereocenters. The minimum atomic E-state index is -3.86. The predicted octanol–water partition coefficient (Wildman–Crippen LogP) is 3.33. The van der Waals surface area contributed by atoms with Crippen molar-refractivity contribution in [3.05, 3.63) is 28.8 Å². The summed E-state index contributed by atoms with van der Waals surface area (Å²) in [6.45, 7) is 3.51. The molecular formula is C14H17ClO4S. The standard InChI is InChI=1S/C14H17ClO4S/c1-9-7-12(20(15,17)18)8-13(10(9)2)14(16)19-11-5-3-4-6-11/h7-8,11H,3-6H2,1-2H3.